The Morgan fingerprint density at radius 2 is 1.82 bits per heavy atom. The van der Waals surface area contributed by atoms with Crippen molar-refractivity contribution >= 4 is 5.97 Å². The summed E-state index contributed by atoms with van der Waals surface area (Å²) in [4.78, 5) is 11.1. The molecule has 1 aliphatic carbocycles. The zero-order valence-electron chi connectivity index (χ0n) is 13.2. The van der Waals surface area contributed by atoms with Crippen LogP contribution in [-0.2, 0) is 11.2 Å². The first-order valence-corrected chi connectivity index (χ1v) is 7.97. The second-order valence-electron chi connectivity index (χ2n) is 6.40. The fourth-order valence-electron chi connectivity index (χ4n) is 3.42. The van der Waals surface area contributed by atoms with Gasteiger partial charge in [-0.25, -0.2) is 0 Å². The van der Waals surface area contributed by atoms with Crippen molar-refractivity contribution in [2.24, 2.45) is 0 Å². The van der Waals surface area contributed by atoms with E-state index >= 15 is 0 Å². The molecule has 1 N–H and O–H groups in total. The van der Waals surface area contributed by atoms with Crippen molar-refractivity contribution in [3.63, 3.8) is 0 Å². The molecule has 0 aliphatic heterocycles. The molecule has 114 valence electrons. The molecule has 2 aromatic rings. The van der Waals surface area contributed by atoms with Gasteiger partial charge in [0.05, 0.1) is 6.42 Å². The van der Waals surface area contributed by atoms with Crippen molar-refractivity contribution in [2.45, 2.75) is 45.4 Å². The summed E-state index contributed by atoms with van der Waals surface area (Å²) >= 11 is 0. The minimum atomic E-state index is -0.700. The summed E-state index contributed by atoms with van der Waals surface area (Å²) in [6.45, 7) is 4.25. The second kappa shape index (κ2) is 5.96. The summed E-state index contributed by atoms with van der Waals surface area (Å²) in [6, 6.07) is 13.1. The number of hydrogen-bond donors (Lipinski definition) is 1. The van der Waals surface area contributed by atoms with Crippen molar-refractivity contribution in [1.29, 1.82) is 0 Å². The van der Waals surface area contributed by atoms with E-state index in [1.165, 1.54) is 33.4 Å². The largest absolute Gasteiger partial charge is 0.481 e. The lowest BCUT2D eigenvalue weighted by Crippen LogP contribution is -2.13. The predicted octanol–water partition coefficient (Wildman–Crippen LogP) is 4.87. The summed E-state index contributed by atoms with van der Waals surface area (Å²) in [7, 11) is 0. The van der Waals surface area contributed by atoms with Crippen LogP contribution in [0.1, 0.15) is 47.4 Å². The third-order valence-corrected chi connectivity index (χ3v) is 4.85. The summed E-state index contributed by atoms with van der Waals surface area (Å²) in [5.74, 6) is -0.540. The van der Waals surface area contributed by atoms with E-state index in [0.717, 1.165) is 19.3 Å². The molecule has 22 heavy (non-hydrogen) atoms. The Morgan fingerprint density at radius 1 is 1.09 bits per heavy atom. The van der Waals surface area contributed by atoms with Crippen molar-refractivity contribution in [3.05, 3.63) is 58.7 Å². The van der Waals surface area contributed by atoms with E-state index < -0.39 is 5.97 Å². The van der Waals surface area contributed by atoms with Gasteiger partial charge in [-0.3, -0.25) is 4.79 Å². The summed E-state index contributed by atoms with van der Waals surface area (Å²) in [5, 5.41) is 9.14. The molecule has 0 amide bonds. The standard InChI is InChI=1S/C20H22O2/c1-13-6-7-16(10-14(13)2)17-9-8-15-4-3-5-18(12-20(21)22)19(15)11-17/h6-11,18H,3-5,12H2,1-2H3,(H,21,22). The maximum absolute atomic E-state index is 11.1. The molecule has 1 aliphatic rings. The van der Waals surface area contributed by atoms with E-state index in [0.29, 0.717) is 0 Å². The van der Waals surface area contributed by atoms with Crippen molar-refractivity contribution < 1.29 is 9.90 Å². The molecule has 1 unspecified atom stereocenters. The van der Waals surface area contributed by atoms with Gasteiger partial charge in [-0.1, -0.05) is 36.4 Å². The normalized spacial score (nSPS) is 17.1. The van der Waals surface area contributed by atoms with Gasteiger partial charge in [0, 0.05) is 0 Å². The quantitative estimate of drug-likeness (QED) is 0.877. The van der Waals surface area contributed by atoms with Gasteiger partial charge in [-0.05, 0) is 72.4 Å². The minimum absolute atomic E-state index is 0.160. The number of hydrogen-bond acceptors (Lipinski definition) is 1. The topological polar surface area (TPSA) is 37.3 Å². The van der Waals surface area contributed by atoms with E-state index in [1.807, 2.05) is 0 Å². The Bertz CT molecular complexity index is 716. The van der Waals surface area contributed by atoms with Crippen molar-refractivity contribution in [1.82, 2.24) is 0 Å². The number of aliphatic carboxylic acids is 1. The molecule has 0 fully saturated rings. The molecule has 0 bridgehead atoms. The fraction of sp³-hybridized carbons (Fsp3) is 0.350. The monoisotopic (exact) mass is 294 g/mol. The van der Waals surface area contributed by atoms with Crippen LogP contribution in [-0.4, -0.2) is 11.1 Å². The smallest absolute Gasteiger partial charge is 0.303 e. The van der Waals surface area contributed by atoms with Crippen LogP contribution in [0.2, 0.25) is 0 Å². The van der Waals surface area contributed by atoms with Crippen LogP contribution in [0, 0.1) is 13.8 Å². The number of carbonyl (C=O) groups is 1. The Morgan fingerprint density at radius 3 is 2.55 bits per heavy atom. The highest BCUT2D eigenvalue weighted by molar-refractivity contribution is 5.70. The van der Waals surface area contributed by atoms with Gasteiger partial charge in [0.2, 0.25) is 0 Å². The lowest BCUT2D eigenvalue weighted by Gasteiger charge is -2.25. The summed E-state index contributed by atoms with van der Waals surface area (Å²) in [6.07, 6.45) is 3.38. The highest BCUT2D eigenvalue weighted by Gasteiger charge is 2.23. The van der Waals surface area contributed by atoms with E-state index in [2.05, 4.69) is 50.2 Å². The van der Waals surface area contributed by atoms with Gasteiger partial charge in [-0.2, -0.15) is 0 Å². The number of benzene rings is 2. The van der Waals surface area contributed by atoms with Crippen LogP contribution in [0.5, 0.6) is 0 Å². The molecule has 0 radical (unpaired) electrons. The maximum Gasteiger partial charge on any atom is 0.303 e. The fourth-order valence-corrected chi connectivity index (χ4v) is 3.42. The van der Waals surface area contributed by atoms with Crippen LogP contribution in [0.4, 0.5) is 0 Å². The average Bonchev–Trinajstić information content (AvgIpc) is 2.49. The van der Waals surface area contributed by atoms with E-state index in [4.69, 9.17) is 5.11 Å². The maximum atomic E-state index is 11.1. The highest BCUT2D eigenvalue weighted by Crippen LogP contribution is 2.36. The Labute approximate surface area is 131 Å². The number of rotatable bonds is 3. The van der Waals surface area contributed by atoms with E-state index in [1.54, 1.807) is 0 Å². The van der Waals surface area contributed by atoms with Gasteiger partial charge in [-0.15, -0.1) is 0 Å². The first-order valence-electron chi connectivity index (χ1n) is 7.97. The first-order chi connectivity index (χ1) is 10.5. The summed E-state index contributed by atoms with van der Waals surface area (Å²) in [5.41, 5.74) is 7.56. The summed E-state index contributed by atoms with van der Waals surface area (Å²) < 4.78 is 0. The molecular weight excluding hydrogens is 272 g/mol. The van der Waals surface area contributed by atoms with Gasteiger partial charge in [0.1, 0.15) is 0 Å². The molecule has 1 atom stereocenters. The number of carboxylic acid groups (broad SMARTS) is 1. The Balaban J connectivity index is 2.01. The van der Waals surface area contributed by atoms with Crippen molar-refractivity contribution in [2.75, 3.05) is 0 Å². The van der Waals surface area contributed by atoms with Crippen molar-refractivity contribution in [3.8, 4) is 11.1 Å². The molecule has 0 heterocycles. The zero-order chi connectivity index (χ0) is 15.7. The zero-order valence-corrected chi connectivity index (χ0v) is 13.2. The first kappa shape index (κ1) is 14.8. The van der Waals surface area contributed by atoms with E-state index in [-0.39, 0.29) is 12.3 Å². The molecule has 2 nitrogen and oxygen atoms in total. The molecule has 3 rings (SSSR count). The molecule has 0 saturated carbocycles. The van der Waals surface area contributed by atoms with Crippen LogP contribution in [0.25, 0.3) is 11.1 Å². The number of aryl methyl sites for hydroxylation is 3. The Hall–Kier alpha value is -2.09. The lowest BCUT2D eigenvalue weighted by molar-refractivity contribution is -0.137. The lowest BCUT2D eigenvalue weighted by atomic mass is 9.80. The number of carboxylic acids is 1. The third kappa shape index (κ3) is 2.92. The highest BCUT2D eigenvalue weighted by atomic mass is 16.4. The van der Waals surface area contributed by atoms with Gasteiger partial charge in [0.15, 0.2) is 0 Å². The molecule has 0 aromatic heterocycles. The minimum Gasteiger partial charge on any atom is -0.481 e. The number of fused-ring (bicyclic) bond motifs is 1. The molecule has 0 spiro atoms. The molecular formula is C20H22O2. The van der Waals surface area contributed by atoms with Crippen LogP contribution < -0.4 is 0 Å². The molecule has 2 aromatic carbocycles. The van der Waals surface area contributed by atoms with Crippen LogP contribution in [0.3, 0.4) is 0 Å². The third-order valence-electron chi connectivity index (χ3n) is 4.85. The Kier molecular flexibility index (Phi) is 4.02. The molecule has 2 heteroatoms. The van der Waals surface area contributed by atoms with Gasteiger partial charge in [0.25, 0.3) is 0 Å². The molecule has 0 saturated heterocycles. The van der Waals surface area contributed by atoms with Gasteiger partial charge < -0.3 is 5.11 Å². The second-order valence-corrected chi connectivity index (χ2v) is 6.40. The predicted molar refractivity (Wildman–Crippen MR) is 89.3 cm³/mol. The SMILES string of the molecule is Cc1ccc(-c2ccc3c(c2)C(CC(=O)O)CCC3)cc1C. The van der Waals surface area contributed by atoms with Gasteiger partial charge >= 0.3 is 5.97 Å². The van der Waals surface area contributed by atoms with E-state index in [9.17, 15) is 4.79 Å². The van der Waals surface area contributed by atoms with Crippen LogP contribution in [0.15, 0.2) is 36.4 Å². The average molecular weight is 294 g/mol. The van der Waals surface area contributed by atoms with Crippen LogP contribution >= 0.6 is 0 Å².